The first-order chi connectivity index (χ1) is 8.62. The first kappa shape index (κ1) is 12.3. The summed E-state index contributed by atoms with van der Waals surface area (Å²) in [5, 5.41) is 0. The van der Waals surface area contributed by atoms with Crippen molar-refractivity contribution in [1.82, 2.24) is 9.97 Å². The van der Waals surface area contributed by atoms with Gasteiger partial charge in [-0.3, -0.25) is 9.71 Å². The molecule has 4 N–H and O–H groups in total. The van der Waals surface area contributed by atoms with Crippen molar-refractivity contribution in [2.24, 2.45) is 5.84 Å². The lowest BCUT2D eigenvalue weighted by Crippen LogP contribution is -2.15. The summed E-state index contributed by atoms with van der Waals surface area (Å²) < 4.78 is 26.5. The SMILES string of the molecule is NNc1cc(S(=O)(=O)Nc2cccnc2)ccn1. The van der Waals surface area contributed by atoms with E-state index in [1.54, 1.807) is 18.3 Å². The fraction of sp³-hybridized carbons (Fsp3) is 0. The molecule has 8 heteroatoms. The van der Waals surface area contributed by atoms with Crippen LogP contribution in [0.15, 0.2) is 47.8 Å². The van der Waals surface area contributed by atoms with Gasteiger partial charge >= 0.3 is 0 Å². The fourth-order valence-corrected chi connectivity index (χ4v) is 2.35. The van der Waals surface area contributed by atoms with Crippen LogP contribution < -0.4 is 16.0 Å². The molecule has 0 saturated carbocycles. The largest absolute Gasteiger partial charge is 0.308 e. The number of nitrogens with two attached hydrogens (primary N) is 1. The normalized spacial score (nSPS) is 10.9. The molecule has 0 fully saturated rings. The van der Waals surface area contributed by atoms with E-state index in [2.05, 4.69) is 20.1 Å². The molecule has 0 aromatic carbocycles. The summed E-state index contributed by atoms with van der Waals surface area (Å²) >= 11 is 0. The molecular weight excluding hydrogens is 254 g/mol. The van der Waals surface area contributed by atoms with Crippen molar-refractivity contribution < 1.29 is 8.42 Å². The predicted octanol–water partition coefficient (Wildman–Crippen LogP) is 0.563. The van der Waals surface area contributed by atoms with E-state index in [9.17, 15) is 8.42 Å². The number of rotatable bonds is 4. The molecule has 2 aromatic heterocycles. The molecule has 0 unspecified atom stereocenters. The number of aromatic nitrogens is 2. The molecule has 2 heterocycles. The number of anilines is 2. The summed E-state index contributed by atoms with van der Waals surface area (Å²) in [5.74, 6) is 5.44. The van der Waals surface area contributed by atoms with E-state index in [0.29, 0.717) is 5.69 Å². The Hall–Kier alpha value is -2.19. The van der Waals surface area contributed by atoms with Gasteiger partial charge < -0.3 is 5.43 Å². The number of hydrogen-bond donors (Lipinski definition) is 3. The number of pyridine rings is 2. The molecule has 0 saturated heterocycles. The third-order valence-corrected chi connectivity index (χ3v) is 3.48. The summed E-state index contributed by atoms with van der Waals surface area (Å²) in [5.41, 5.74) is 2.67. The lowest BCUT2D eigenvalue weighted by atomic mass is 10.4. The van der Waals surface area contributed by atoms with Gasteiger partial charge in [0.15, 0.2) is 0 Å². The molecule has 0 radical (unpaired) electrons. The van der Waals surface area contributed by atoms with E-state index in [-0.39, 0.29) is 10.7 Å². The second kappa shape index (κ2) is 4.98. The molecule has 0 amide bonds. The van der Waals surface area contributed by atoms with Crippen molar-refractivity contribution in [3.05, 3.63) is 42.9 Å². The van der Waals surface area contributed by atoms with Gasteiger partial charge in [-0.25, -0.2) is 19.2 Å². The summed E-state index contributed by atoms with van der Waals surface area (Å²) in [6, 6.07) is 5.95. The quantitative estimate of drug-likeness (QED) is 0.550. The molecule has 0 aliphatic heterocycles. The van der Waals surface area contributed by atoms with Crippen molar-refractivity contribution in [2.45, 2.75) is 4.90 Å². The van der Waals surface area contributed by atoms with Crippen LogP contribution in [0.25, 0.3) is 0 Å². The smallest absolute Gasteiger partial charge is 0.262 e. The van der Waals surface area contributed by atoms with E-state index in [4.69, 9.17) is 5.84 Å². The Labute approximate surface area is 104 Å². The van der Waals surface area contributed by atoms with Crippen molar-refractivity contribution in [3.63, 3.8) is 0 Å². The third-order valence-electron chi connectivity index (χ3n) is 2.10. The average molecular weight is 265 g/mol. The maximum Gasteiger partial charge on any atom is 0.262 e. The Kier molecular flexibility index (Phi) is 3.40. The molecule has 18 heavy (non-hydrogen) atoms. The van der Waals surface area contributed by atoms with Crippen LogP contribution in [0, 0.1) is 0 Å². The number of hydrazine groups is 1. The van der Waals surface area contributed by atoms with E-state index >= 15 is 0 Å². The summed E-state index contributed by atoms with van der Waals surface area (Å²) in [4.78, 5) is 7.73. The summed E-state index contributed by atoms with van der Waals surface area (Å²) in [6.07, 6.45) is 4.33. The Morgan fingerprint density at radius 2 is 2.06 bits per heavy atom. The lowest BCUT2D eigenvalue weighted by Gasteiger charge is -2.08. The zero-order valence-corrected chi connectivity index (χ0v) is 10.1. The molecule has 2 rings (SSSR count). The van der Waals surface area contributed by atoms with Crippen LogP contribution in [0.3, 0.4) is 0 Å². The minimum Gasteiger partial charge on any atom is -0.308 e. The second-order valence-electron chi connectivity index (χ2n) is 3.37. The molecule has 2 aromatic rings. The zero-order valence-electron chi connectivity index (χ0n) is 9.24. The van der Waals surface area contributed by atoms with Gasteiger partial charge in [0.05, 0.1) is 16.8 Å². The number of nitrogens with zero attached hydrogens (tertiary/aromatic N) is 2. The van der Waals surface area contributed by atoms with Crippen LogP contribution in [0.5, 0.6) is 0 Å². The minimum absolute atomic E-state index is 0.0642. The maximum absolute atomic E-state index is 12.0. The van der Waals surface area contributed by atoms with Crippen LogP contribution in [0.1, 0.15) is 0 Å². The van der Waals surface area contributed by atoms with Gasteiger partial charge in [-0.15, -0.1) is 0 Å². The Balaban J connectivity index is 2.31. The third kappa shape index (κ3) is 2.73. The molecule has 0 atom stereocenters. The molecule has 0 bridgehead atoms. The molecule has 7 nitrogen and oxygen atoms in total. The van der Waals surface area contributed by atoms with E-state index in [1.807, 2.05) is 0 Å². The van der Waals surface area contributed by atoms with Crippen molar-refractivity contribution in [3.8, 4) is 0 Å². The zero-order chi connectivity index (χ0) is 13.0. The van der Waals surface area contributed by atoms with Gasteiger partial charge in [0.1, 0.15) is 5.82 Å². The molecular formula is C10H11N5O2S. The van der Waals surface area contributed by atoms with E-state index in [0.717, 1.165) is 0 Å². The number of nitrogens with one attached hydrogen (secondary N) is 2. The van der Waals surface area contributed by atoms with Crippen LogP contribution in [0.4, 0.5) is 11.5 Å². The Morgan fingerprint density at radius 1 is 1.22 bits per heavy atom. The second-order valence-corrected chi connectivity index (χ2v) is 5.05. The topological polar surface area (TPSA) is 110 Å². The minimum atomic E-state index is -3.67. The first-order valence-electron chi connectivity index (χ1n) is 4.97. The van der Waals surface area contributed by atoms with Crippen molar-refractivity contribution in [2.75, 3.05) is 10.1 Å². The molecule has 0 aliphatic rings. The summed E-state index contributed by atoms with van der Waals surface area (Å²) in [7, 11) is -3.67. The first-order valence-corrected chi connectivity index (χ1v) is 6.45. The lowest BCUT2D eigenvalue weighted by molar-refractivity contribution is 0.601. The van der Waals surface area contributed by atoms with Crippen LogP contribution in [0.2, 0.25) is 0 Å². The van der Waals surface area contributed by atoms with Gasteiger partial charge in [0.2, 0.25) is 0 Å². The molecule has 0 spiro atoms. The van der Waals surface area contributed by atoms with Gasteiger partial charge in [0, 0.05) is 18.5 Å². The number of nitrogen functional groups attached to an aromatic ring is 1. The van der Waals surface area contributed by atoms with Crippen LogP contribution >= 0.6 is 0 Å². The highest BCUT2D eigenvalue weighted by Crippen LogP contribution is 2.16. The fourth-order valence-electron chi connectivity index (χ4n) is 1.29. The van der Waals surface area contributed by atoms with Gasteiger partial charge in [-0.2, -0.15) is 0 Å². The highest BCUT2D eigenvalue weighted by molar-refractivity contribution is 7.92. The van der Waals surface area contributed by atoms with Gasteiger partial charge in [0.25, 0.3) is 10.0 Å². The van der Waals surface area contributed by atoms with E-state index < -0.39 is 10.0 Å². The van der Waals surface area contributed by atoms with Crippen molar-refractivity contribution >= 4 is 21.5 Å². The summed E-state index contributed by atoms with van der Waals surface area (Å²) in [6.45, 7) is 0. The highest BCUT2D eigenvalue weighted by atomic mass is 32.2. The Bertz CT molecular complexity index is 630. The van der Waals surface area contributed by atoms with E-state index in [1.165, 1.54) is 24.5 Å². The molecule has 94 valence electrons. The predicted molar refractivity (Wildman–Crippen MR) is 67.1 cm³/mol. The van der Waals surface area contributed by atoms with Gasteiger partial charge in [-0.05, 0) is 18.2 Å². The van der Waals surface area contributed by atoms with Crippen LogP contribution in [-0.4, -0.2) is 18.4 Å². The Morgan fingerprint density at radius 3 is 2.72 bits per heavy atom. The number of hydrogen-bond acceptors (Lipinski definition) is 6. The average Bonchev–Trinajstić information content (AvgIpc) is 2.39. The maximum atomic E-state index is 12.0. The van der Waals surface area contributed by atoms with Crippen molar-refractivity contribution in [1.29, 1.82) is 0 Å². The standard InChI is InChI=1S/C10H11N5O2S/c11-14-10-6-9(3-5-13-10)18(16,17)15-8-2-1-4-12-7-8/h1-7,15H,11H2,(H,13,14). The monoisotopic (exact) mass is 265 g/mol. The van der Waals surface area contributed by atoms with Gasteiger partial charge in [-0.1, -0.05) is 0 Å². The number of sulfonamides is 1. The highest BCUT2D eigenvalue weighted by Gasteiger charge is 2.14. The molecule has 0 aliphatic carbocycles. The van der Waals surface area contributed by atoms with Crippen LogP contribution in [-0.2, 0) is 10.0 Å².